The predicted octanol–water partition coefficient (Wildman–Crippen LogP) is 4.04. The van der Waals surface area contributed by atoms with Gasteiger partial charge in [-0.1, -0.05) is 19.1 Å². The highest BCUT2D eigenvalue weighted by Gasteiger charge is 2.13. The zero-order valence-corrected chi connectivity index (χ0v) is 13.4. The molecule has 1 aromatic heterocycles. The molecule has 0 bridgehead atoms. The summed E-state index contributed by atoms with van der Waals surface area (Å²) in [7, 11) is 0. The smallest absolute Gasteiger partial charge is 0.142 e. The summed E-state index contributed by atoms with van der Waals surface area (Å²) >= 11 is 0. The first-order valence-corrected chi connectivity index (χ1v) is 7.50. The molecule has 0 fully saturated rings. The van der Waals surface area contributed by atoms with Crippen LogP contribution >= 0.6 is 0 Å². The van der Waals surface area contributed by atoms with E-state index in [0.29, 0.717) is 0 Å². The van der Waals surface area contributed by atoms with Gasteiger partial charge in [-0.15, -0.1) is 0 Å². The molecule has 0 radical (unpaired) electrons. The lowest BCUT2D eigenvalue weighted by Gasteiger charge is -2.18. The van der Waals surface area contributed by atoms with Crippen molar-refractivity contribution in [1.82, 2.24) is 9.78 Å². The predicted molar refractivity (Wildman–Crippen MR) is 86.8 cm³/mol. The molecule has 4 heteroatoms. The quantitative estimate of drug-likeness (QED) is 0.871. The minimum atomic E-state index is 0.0143. The molecule has 21 heavy (non-hydrogen) atoms. The molecule has 0 unspecified atom stereocenters. The largest absolute Gasteiger partial charge is 0.491 e. The van der Waals surface area contributed by atoms with Gasteiger partial charge in [0.1, 0.15) is 5.75 Å². The van der Waals surface area contributed by atoms with Crippen molar-refractivity contribution in [1.29, 1.82) is 0 Å². The monoisotopic (exact) mass is 287 g/mol. The van der Waals surface area contributed by atoms with E-state index < -0.39 is 0 Å². The number of benzene rings is 1. The van der Waals surface area contributed by atoms with Gasteiger partial charge in [0.15, 0.2) is 0 Å². The molecular formula is C17H25N3O. The molecule has 2 aromatic rings. The van der Waals surface area contributed by atoms with Crippen LogP contribution in [0.5, 0.6) is 5.75 Å². The maximum absolute atomic E-state index is 5.75. The van der Waals surface area contributed by atoms with Gasteiger partial charge >= 0.3 is 0 Å². The van der Waals surface area contributed by atoms with Gasteiger partial charge in [-0.3, -0.25) is 4.68 Å². The zero-order chi connectivity index (χ0) is 15.3. The van der Waals surface area contributed by atoms with Crippen molar-refractivity contribution in [3.8, 4) is 5.75 Å². The Morgan fingerprint density at radius 3 is 2.67 bits per heavy atom. The van der Waals surface area contributed by atoms with Crippen LogP contribution in [0.25, 0.3) is 0 Å². The van der Waals surface area contributed by atoms with Gasteiger partial charge < -0.3 is 10.1 Å². The number of para-hydroxylation sites is 2. The first kappa shape index (κ1) is 15.4. The molecule has 0 amide bonds. The molecule has 114 valence electrons. The second-order valence-corrected chi connectivity index (χ2v) is 6.16. The summed E-state index contributed by atoms with van der Waals surface area (Å²) in [5, 5.41) is 7.84. The van der Waals surface area contributed by atoms with Crippen molar-refractivity contribution >= 4 is 5.69 Å². The fourth-order valence-electron chi connectivity index (χ4n) is 1.97. The third kappa shape index (κ3) is 4.25. The van der Waals surface area contributed by atoms with Gasteiger partial charge in [-0.25, -0.2) is 0 Å². The lowest BCUT2D eigenvalue weighted by Crippen LogP contribution is -2.21. The third-order valence-electron chi connectivity index (χ3n) is 3.16. The van der Waals surface area contributed by atoms with Crippen molar-refractivity contribution in [2.75, 3.05) is 11.9 Å². The number of nitrogens with zero attached hydrogens (tertiary/aromatic N) is 2. The highest BCUT2D eigenvalue weighted by Crippen LogP contribution is 2.24. The van der Waals surface area contributed by atoms with Crippen LogP contribution in [-0.2, 0) is 12.1 Å². The average Bonchev–Trinajstić information content (AvgIpc) is 2.92. The Morgan fingerprint density at radius 1 is 1.24 bits per heavy atom. The standard InChI is InChI=1S/C17H25N3O/c1-5-10-21-16-9-7-6-8-15(16)18-11-14-12-19-20(13-14)17(2,3)4/h6-9,12-13,18H,5,10-11H2,1-4H3. The Balaban J connectivity index is 2.01. The fraction of sp³-hybridized carbons (Fsp3) is 0.471. The minimum Gasteiger partial charge on any atom is -0.491 e. The fourth-order valence-corrected chi connectivity index (χ4v) is 1.97. The van der Waals surface area contributed by atoms with Crippen molar-refractivity contribution in [2.45, 2.75) is 46.2 Å². The molecule has 2 rings (SSSR count). The van der Waals surface area contributed by atoms with E-state index in [1.165, 1.54) is 0 Å². The molecular weight excluding hydrogens is 262 g/mol. The number of hydrogen-bond acceptors (Lipinski definition) is 3. The van der Waals surface area contributed by atoms with Gasteiger partial charge in [-0.05, 0) is 39.3 Å². The van der Waals surface area contributed by atoms with Crippen LogP contribution in [0, 0.1) is 0 Å². The average molecular weight is 287 g/mol. The molecule has 4 nitrogen and oxygen atoms in total. The Bertz CT molecular complexity index is 569. The Hall–Kier alpha value is -1.97. The molecule has 0 aliphatic rings. The Labute approximate surface area is 127 Å². The number of aromatic nitrogens is 2. The highest BCUT2D eigenvalue weighted by molar-refractivity contribution is 5.56. The first-order valence-electron chi connectivity index (χ1n) is 7.50. The van der Waals surface area contributed by atoms with Crippen molar-refractivity contribution in [3.63, 3.8) is 0 Å². The maximum Gasteiger partial charge on any atom is 0.142 e. The lowest BCUT2D eigenvalue weighted by atomic mass is 10.1. The van der Waals surface area contributed by atoms with E-state index in [4.69, 9.17) is 4.74 Å². The number of rotatable bonds is 6. The maximum atomic E-state index is 5.75. The van der Waals surface area contributed by atoms with E-state index in [-0.39, 0.29) is 5.54 Å². The summed E-state index contributed by atoms with van der Waals surface area (Å²) in [6.07, 6.45) is 5.00. The van der Waals surface area contributed by atoms with E-state index >= 15 is 0 Å². The van der Waals surface area contributed by atoms with Gasteiger partial charge in [0, 0.05) is 18.3 Å². The summed E-state index contributed by atoms with van der Waals surface area (Å²) in [5.41, 5.74) is 2.20. The first-order chi connectivity index (χ1) is 10.0. The van der Waals surface area contributed by atoms with Gasteiger partial charge in [0.2, 0.25) is 0 Å². The summed E-state index contributed by atoms with van der Waals surface area (Å²) in [6, 6.07) is 8.04. The topological polar surface area (TPSA) is 39.1 Å². The van der Waals surface area contributed by atoms with Crippen molar-refractivity contribution in [3.05, 3.63) is 42.2 Å². The summed E-state index contributed by atoms with van der Waals surface area (Å²) in [6.45, 7) is 10.0. The Kier molecular flexibility index (Phi) is 4.89. The van der Waals surface area contributed by atoms with Crippen LogP contribution in [0.4, 0.5) is 5.69 Å². The van der Waals surface area contributed by atoms with E-state index in [2.05, 4.69) is 44.3 Å². The second kappa shape index (κ2) is 6.66. The van der Waals surface area contributed by atoms with Crippen molar-refractivity contribution in [2.24, 2.45) is 0 Å². The van der Waals surface area contributed by atoms with Crippen molar-refractivity contribution < 1.29 is 4.74 Å². The summed E-state index contributed by atoms with van der Waals surface area (Å²) < 4.78 is 7.74. The zero-order valence-electron chi connectivity index (χ0n) is 13.4. The molecule has 1 heterocycles. The lowest BCUT2D eigenvalue weighted by molar-refractivity contribution is 0.319. The number of hydrogen-bond donors (Lipinski definition) is 1. The molecule has 0 spiro atoms. The van der Waals surface area contributed by atoms with E-state index in [9.17, 15) is 0 Å². The summed E-state index contributed by atoms with van der Waals surface area (Å²) in [4.78, 5) is 0. The van der Waals surface area contributed by atoms with Crippen LogP contribution in [0.1, 0.15) is 39.7 Å². The SMILES string of the molecule is CCCOc1ccccc1NCc1cnn(C(C)(C)C)c1. The van der Waals surface area contributed by atoms with Crippen LogP contribution in [0.3, 0.4) is 0 Å². The number of ether oxygens (including phenoxy) is 1. The molecule has 1 N–H and O–H groups in total. The van der Waals surface area contributed by atoms with Crippen LogP contribution in [-0.4, -0.2) is 16.4 Å². The van der Waals surface area contributed by atoms with Crippen LogP contribution in [0.2, 0.25) is 0 Å². The van der Waals surface area contributed by atoms with E-state index in [1.807, 2.05) is 35.1 Å². The van der Waals surface area contributed by atoms with E-state index in [1.54, 1.807) is 0 Å². The van der Waals surface area contributed by atoms with Gasteiger partial charge in [-0.2, -0.15) is 5.10 Å². The molecule has 1 aromatic carbocycles. The second-order valence-electron chi connectivity index (χ2n) is 6.16. The van der Waals surface area contributed by atoms with Crippen LogP contribution in [0.15, 0.2) is 36.7 Å². The molecule has 0 atom stereocenters. The normalized spacial score (nSPS) is 11.4. The van der Waals surface area contributed by atoms with Gasteiger partial charge in [0.05, 0.1) is 24.0 Å². The van der Waals surface area contributed by atoms with Crippen LogP contribution < -0.4 is 10.1 Å². The highest BCUT2D eigenvalue weighted by atomic mass is 16.5. The van der Waals surface area contributed by atoms with E-state index in [0.717, 1.165) is 36.6 Å². The third-order valence-corrected chi connectivity index (χ3v) is 3.16. The molecule has 0 saturated heterocycles. The molecule has 0 aliphatic heterocycles. The molecule has 0 saturated carbocycles. The van der Waals surface area contributed by atoms with Gasteiger partial charge in [0.25, 0.3) is 0 Å². The Morgan fingerprint density at radius 2 is 2.00 bits per heavy atom. The number of nitrogens with one attached hydrogen (secondary N) is 1. The minimum absolute atomic E-state index is 0.0143. The molecule has 0 aliphatic carbocycles. The number of anilines is 1. The summed E-state index contributed by atoms with van der Waals surface area (Å²) in [5.74, 6) is 0.905.